The summed E-state index contributed by atoms with van der Waals surface area (Å²) in [6.07, 6.45) is 0.863. The smallest absolute Gasteiger partial charge is 0.345 e. The van der Waals surface area contributed by atoms with Gasteiger partial charge in [-0.25, -0.2) is 4.79 Å². The number of carbonyl (C=O) groups is 1. The van der Waals surface area contributed by atoms with Gasteiger partial charge in [-0.2, -0.15) is 5.06 Å². The summed E-state index contributed by atoms with van der Waals surface area (Å²) in [7, 11) is 1.47. The zero-order valence-electron chi connectivity index (χ0n) is 14.6. The topological polar surface area (TPSA) is 61.8 Å². The van der Waals surface area contributed by atoms with Crippen LogP contribution in [0, 0.1) is 13.8 Å². The molecule has 0 bridgehead atoms. The third-order valence-electron chi connectivity index (χ3n) is 3.90. The molecule has 0 aromatic heterocycles. The average Bonchev–Trinajstić information content (AvgIpc) is 2.59. The molecule has 0 spiro atoms. The van der Waals surface area contributed by atoms with E-state index in [4.69, 9.17) is 4.74 Å². The molecular weight excluding hydrogens is 304 g/mol. The Morgan fingerprint density at radius 3 is 2.58 bits per heavy atom. The number of hydrogen-bond donors (Lipinski definition) is 2. The summed E-state index contributed by atoms with van der Waals surface area (Å²) < 4.78 is 5.91. The Kier molecular flexibility index (Phi) is 5.82. The molecule has 0 atom stereocenters. The van der Waals surface area contributed by atoms with Gasteiger partial charge in [-0.3, -0.25) is 5.21 Å². The lowest BCUT2D eigenvalue weighted by molar-refractivity contribution is 0.205. The van der Waals surface area contributed by atoms with Crippen molar-refractivity contribution in [3.8, 4) is 5.75 Å². The van der Waals surface area contributed by atoms with Gasteiger partial charge in [-0.05, 0) is 43.5 Å². The van der Waals surface area contributed by atoms with Crippen LogP contribution in [0.15, 0.2) is 36.4 Å². The summed E-state index contributed by atoms with van der Waals surface area (Å²) in [5, 5.41) is 13.1. The maximum atomic E-state index is 11.7. The molecule has 0 aliphatic rings. The van der Waals surface area contributed by atoms with Gasteiger partial charge in [0.05, 0.1) is 5.69 Å². The molecule has 2 rings (SSSR count). The molecule has 2 N–H and O–H groups in total. The molecule has 0 aliphatic carbocycles. The number of hydrogen-bond acceptors (Lipinski definition) is 3. The van der Waals surface area contributed by atoms with Gasteiger partial charge >= 0.3 is 6.03 Å². The van der Waals surface area contributed by atoms with E-state index in [9.17, 15) is 10.0 Å². The Balaban J connectivity index is 2.28. The van der Waals surface area contributed by atoms with Crippen molar-refractivity contribution in [1.82, 2.24) is 5.32 Å². The van der Waals surface area contributed by atoms with Crippen LogP contribution in [0.3, 0.4) is 0 Å². The number of urea groups is 1. The maximum Gasteiger partial charge on any atom is 0.345 e. The summed E-state index contributed by atoms with van der Waals surface area (Å²) in [4.78, 5) is 11.7. The molecular formula is C19H24N2O3. The summed E-state index contributed by atoms with van der Waals surface area (Å²) >= 11 is 0. The van der Waals surface area contributed by atoms with Crippen molar-refractivity contribution in [1.29, 1.82) is 0 Å². The molecule has 2 aromatic carbocycles. The number of benzene rings is 2. The number of rotatable bonds is 5. The van der Waals surface area contributed by atoms with E-state index in [0.29, 0.717) is 10.8 Å². The van der Waals surface area contributed by atoms with Crippen molar-refractivity contribution in [3.05, 3.63) is 58.7 Å². The molecule has 0 radical (unpaired) electrons. The second-order valence-corrected chi connectivity index (χ2v) is 5.74. The van der Waals surface area contributed by atoms with Crippen LogP contribution in [0.1, 0.15) is 29.2 Å². The van der Waals surface area contributed by atoms with Crippen molar-refractivity contribution in [2.45, 2.75) is 33.8 Å². The van der Waals surface area contributed by atoms with E-state index in [2.05, 4.69) is 18.3 Å². The number of hydroxylamine groups is 1. The fraction of sp³-hybridized carbons (Fsp3) is 0.316. The number of amides is 2. The lowest BCUT2D eigenvalue weighted by Crippen LogP contribution is -2.36. The van der Waals surface area contributed by atoms with Gasteiger partial charge in [0.2, 0.25) is 0 Å². The van der Waals surface area contributed by atoms with Crippen molar-refractivity contribution >= 4 is 11.7 Å². The first-order chi connectivity index (χ1) is 11.5. The summed E-state index contributed by atoms with van der Waals surface area (Å²) in [6, 6.07) is 11.0. The van der Waals surface area contributed by atoms with Crippen LogP contribution in [-0.4, -0.2) is 18.3 Å². The summed E-state index contributed by atoms with van der Waals surface area (Å²) in [5.41, 5.74) is 4.50. The van der Waals surface area contributed by atoms with E-state index >= 15 is 0 Å². The molecule has 128 valence electrons. The third-order valence-corrected chi connectivity index (χ3v) is 3.90. The number of aryl methyl sites for hydroxylation is 3. The molecule has 2 aromatic rings. The standard InChI is InChI=1S/C19H24N2O3/c1-5-15-7-8-17(21(23)19(22)20-4)16(11-15)12-24-18-9-6-13(2)10-14(18)3/h6-11,23H,5,12H2,1-4H3,(H,20,22). The quantitative estimate of drug-likeness (QED) is 0.644. The van der Waals surface area contributed by atoms with Crippen LogP contribution in [0.5, 0.6) is 5.75 Å². The van der Waals surface area contributed by atoms with Crippen LogP contribution < -0.4 is 15.1 Å². The van der Waals surface area contributed by atoms with Crippen molar-refractivity contribution in [2.75, 3.05) is 12.1 Å². The molecule has 5 heteroatoms. The molecule has 0 heterocycles. The largest absolute Gasteiger partial charge is 0.489 e. The molecule has 2 amide bonds. The molecule has 24 heavy (non-hydrogen) atoms. The minimum atomic E-state index is -0.591. The molecule has 5 nitrogen and oxygen atoms in total. The van der Waals surface area contributed by atoms with Gasteiger partial charge in [0.1, 0.15) is 12.4 Å². The number of carbonyl (C=O) groups excluding carboxylic acids is 1. The van der Waals surface area contributed by atoms with Gasteiger partial charge in [0.25, 0.3) is 0 Å². The van der Waals surface area contributed by atoms with Crippen LogP contribution in [0.4, 0.5) is 10.5 Å². The zero-order valence-corrected chi connectivity index (χ0v) is 14.6. The number of nitrogens with one attached hydrogen (secondary N) is 1. The van der Waals surface area contributed by atoms with Crippen molar-refractivity contribution in [3.63, 3.8) is 0 Å². The zero-order chi connectivity index (χ0) is 17.7. The molecule has 0 unspecified atom stereocenters. The highest BCUT2D eigenvalue weighted by molar-refractivity contribution is 5.90. The fourth-order valence-corrected chi connectivity index (χ4v) is 2.51. The van der Waals surface area contributed by atoms with E-state index in [1.165, 1.54) is 12.6 Å². The van der Waals surface area contributed by atoms with Crippen molar-refractivity contribution < 1.29 is 14.7 Å². The Morgan fingerprint density at radius 2 is 1.96 bits per heavy atom. The molecule has 0 saturated heterocycles. The summed E-state index contributed by atoms with van der Waals surface area (Å²) in [5.74, 6) is 0.790. The van der Waals surface area contributed by atoms with E-state index < -0.39 is 6.03 Å². The van der Waals surface area contributed by atoms with Gasteiger partial charge in [0, 0.05) is 12.6 Å². The maximum absolute atomic E-state index is 11.7. The number of ether oxygens (including phenoxy) is 1. The Morgan fingerprint density at radius 1 is 1.21 bits per heavy atom. The third kappa shape index (κ3) is 4.06. The minimum Gasteiger partial charge on any atom is -0.489 e. The molecule has 0 saturated carbocycles. The minimum absolute atomic E-state index is 0.265. The second kappa shape index (κ2) is 7.84. The summed E-state index contributed by atoms with van der Waals surface area (Å²) in [6.45, 7) is 6.35. The normalized spacial score (nSPS) is 10.4. The Labute approximate surface area is 142 Å². The van der Waals surface area contributed by atoms with Crippen LogP contribution >= 0.6 is 0 Å². The lowest BCUT2D eigenvalue weighted by atomic mass is 10.1. The van der Waals surface area contributed by atoms with Gasteiger partial charge < -0.3 is 10.1 Å². The molecule has 0 fully saturated rings. The van der Waals surface area contributed by atoms with E-state index in [1.807, 2.05) is 38.1 Å². The van der Waals surface area contributed by atoms with E-state index in [-0.39, 0.29) is 6.61 Å². The van der Waals surface area contributed by atoms with E-state index in [0.717, 1.165) is 28.9 Å². The highest BCUT2D eigenvalue weighted by Gasteiger charge is 2.16. The molecule has 0 aliphatic heterocycles. The van der Waals surface area contributed by atoms with E-state index in [1.54, 1.807) is 6.07 Å². The van der Waals surface area contributed by atoms with Crippen LogP contribution in [0.25, 0.3) is 0 Å². The highest BCUT2D eigenvalue weighted by atomic mass is 16.5. The van der Waals surface area contributed by atoms with Gasteiger partial charge in [-0.1, -0.05) is 36.8 Å². The van der Waals surface area contributed by atoms with Crippen molar-refractivity contribution in [2.24, 2.45) is 0 Å². The van der Waals surface area contributed by atoms with Crippen LogP contribution in [-0.2, 0) is 13.0 Å². The fourth-order valence-electron chi connectivity index (χ4n) is 2.51. The van der Waals surface area contributed by atoms with Gasteiger partial charge in [0.15, 0.2) is 0 Å². The Bertz CT molecular complexity index is 729. The number of anilines is 1. The predicted molar refractivity (Wildman–Crippen MR) is 94.8 cm³/mol. The highest BCUT2D eigenvalue weighted by Crippen LogP contribution is 2.25. The second-order valence-electron chi connectivity index (χ2n) is 5.74. The lowest BCUT2D eigenvalue weighted by Gasteiger charge is -2.19. The first-order valence-electron chi connectivity index (χ1n) is 7.98. The first kappa shape index (κ1) is 17.8. The number of nitrogens with zero attached hydrogens (tertiary/aromatic N) is 1. The predicted octanol–water partition coefficient (Wildman–Crippen LogP) is 3.98. The average molecular weight is 328 g/mol. The van der Waals surface area contributed by atoms with Gasteiger partial charge in [-0.15, -0.1) is 0 Å². The SMILES string of the molecule is CCc1ccc(N(O)C(=O)NC)c(COc2ccc(C)cc2C)c1. The van der Waals surface area contributed by atoms with Crippen LogP contribution in [0.2, 0.25) is 0 Å². The Hall–Kier alpha value is -2.53. The monoisotopic (exact) mass is 328 g/mol. The first-order valence-corrected chi connectivity index (χ1v) is 7.98.